The van der Waals surface area contributed by atoms with Crippen molar-refractivity contribution in [1.29, 1.82) is 0 Å². The largest absolute Gasteiger partial charge is 0.397 e. The normalized spacial score (nSPS) is 15.3. The number of hydrogen-bond acceptors (Lipinski definition) is 3. The molecule has 116 valence electrons. The van der Waals surface area contributed by atoms with E-state index in [1.807, 2.05) is 11.8 Å². The molecule has 0 saturated heterocycles. The number of thioether (sulfide) groups is 1. The van der Waals surface area contributed by atoms with Gasteiger partial charge in [0.2, 0.25) is 5.91 Å². The van der Waals surface area contributed by atoms with E-state index in [4.69, 9.17) is 28.9 Å². The average Bonchev–Trinajstić information content (AvgIpc) is 2.92. The van der Waals surface area contributed by atoms with Crippen LogP contribution in [-0.2, 0) is 4.79 Å². The lowest BCUT2D eigenvalue weighted by Gasteiger charge is -2.11. The molecule has 3 nitrogen and oxygen atoms in total. The maximum Gasteiger partial charge on any atom is 0.225 e. The van der Waals surface area contributed by atoms with Crippen LogP contribution in [0.5, 0.6) is 0 Å². The Balaban J connectivity index is 1.74. The molecule has 21 heavy (non-hydrogen) atoms. The fourth-order valence-corrected chi connectivity index (χ4v) is 4.24. The SMILES string of the molecule is Nc1cc(Cl)cc(Cl)c1NC(=O)CCSCC1CCCC1. The Bertz CT molecular complexity index is 481. The summed E-state index contributed by atoms with van der Waals surface area (Å²) in [4.78, 5) is 11.9. The fourth-order valence-electron chi connectivity index (χ4n) is 2.52. The maximum absolute atomic E-state index is 11.9. The van der Waals surface area contributed by atoms with Gasteiger partial charge in [-0.2, -0.15) is 11.8 Å². The van der Waals surface area contributed by atoms with Crippen LogP contribution in [0.15, 0.2) is 12.1 Å². The minimum absolute atomic E-state index is 0.0650. The van der Waals surface area contributed by atoms with Crippen LogP contribution in [0.1, 0.15) is 32.1 Å². The predicted molar refractivity (Wildman–Crippen MR) is 93.4 cm³/mol. The van der Waals surface area contributed by atoms with Crippen molar-refractivity contribution in [1.82, 2.24) is 0 Å². The van der Waals surface area contributed by atoms with Gasteiger partial charge in [-0.05, 0) is 36.6 Å². The summed E-state index contributed by atoms with van der Waals surface area (Å²) in [5.41, 5.74) is 6.66. The smallest absolute Gasteiger partial charge is 0.225 e. The summed E-state index contributed by atoms with van der Waals surface area (Å²) in [6, 6.07) is 3.15. The van der Waals surface area contributed by atoms with Crippen LogP contribution in [0.2, 0.25) is 10.0 Å². The summed E-state index contributed by atoms with van der Waals surface area (Å²) >= 11 is 13.7. The molecule has 0 atom stereocenters. The maximum atomic E-state index is 11.9. The van der Waals surface area contributed by atoms with Crippen molar-refractivity contribution in [2.24, 2.45) is 5.92 Å². The predicted octanol–water partition coefficient (Wildman–Crippen LogP) is 4.83. The quantitative estimate of drug-likeness (QED) is 0.573. The minimum Gasteiger partial charge on any atom is -0.397 e. The molecule has 1 fully saturated rings. The van der Waals surface area contributed by atoms with Crippen molar-refractivity contribution in [2.45, 2.75) is 32.1 Å². The Morgan fingerprint density at radius 1 is 1.33 bits per heavy atom. The highest BCUT2D eigenvalue weighted by Crippen LogP contribution is 2.32. The molecule has 0 spiro atoms. The van der Waals surface area contributed by atoms with Crippen LogP contribution in [0.25, 0.3) is 0 Å². The first-order chi connectivity index (χ1) is 10.1. The molecule has 6 heteroatoms. The lowest BCUT2D eigenvalue weighted by atomic mass is 10.1. The fraction of sp³-hybridized carbons (Fsp3) is 0.533. The van der Waals surface area contributed by atoms with E-state index >= 15 is 0 Å². The first-order valence-electron chi connectivity index (χ1n) is 7.18. The highest BCUT2D eigenvalue weighted by Gasteiger charge is 2.15. The number of rotatable bonds is 6. The minimum atomic E-state index is -0.0650. The van der Waals surface area contributed by atoms with Gasteiger partial charge in [-0.15, -0.1) is 0 Å². The molecule has 3 N–H and O–H groups in total. The van der Waals surface area contributed by atoms with Crippen molar-refractivity contribution in [3.8, 4) is 0 Å². The zero-order valence-corrected chi connectivity index (χ0v) is 14.2. The highest BCUT2D eigenvalue weighted by molar-refractivity contribution is 7.99. The van der Waals surface area contributed by atoms with Gasteiger partial charge in [-0.1, -0.05) is 36.0 Å². The molecule has 1 amide bonds. The number of nitrogens with two attached hydrogens (primary N) is 1. The van der Waals surface area contributed by atoms with Gasteiger partial charge in [-0.25, -0.2) is 0 Å². The van der Waals surface area contributed by atoms with Crippen molar-refractivity contribution in [2.75, 3.05) is 22.6 Å². The van der Waals surface area contributed by atoms with Gasteiger partial charge in [0.15, 0.2) is 0 Å². The zero-order chi connectivity index (χ0) is 15.2. The lowest BCUT2D eigenvalue weighted by molar-refractivity contribution is -0.115. The number of benzene rings is 1. The number of anilines is 2. The van der Waals surface area contributed by atoms with Gasteiger partial charge < -0.3 is 11.1 Å². The number of carbonyl (C=O) groups excluding carboxylic acids is 1. The molecule has 2 rings (SSSR count). The van der Waals surface area contributed by atoms with E-state index in [0.29, 0.717) is 27.8 Å². The molecule has 0 heterocycles. The van der Waals surface area contributed by atoms with Crippen LogP contribution >= 0.6 is 35.0 Å². The van der Waals surface area contributed by atoms with E-state index < -0.39 is 0 Å². The topological polar surface area (TPSA) is 55.1 Å². The standard InChI is InChI=1S/C15H20Cl2N2OS/c16-11-7-12(17)15(13(18)8-11)19-14(20)5-6-21-9-10-3-1-2-4-10/h7-8,10H,1-6,9,18H2,(H,19,20). The first-order valence-corrected chi connectivity index (χ1v) is 9.09. The third-order valence-electron chi connectivity index (χ3n) is 3.65. The Kier molecular flexibility index (Phi) is 6.52. The molecule has 0 bridgehead atoms. The second-order valence-electron chi connectivity index (χ2n) is 5.38. The summed E-state index contributed by atoms with van der Waals surface area (Å²) in [6.45, 7) is 0. The number of nitrogens with one attached hydrogen (secondary N) is 1. The van der Waals surface area contributed by atoms with E-state index in [0.717, 1.165) is 17.4 Å². The van der Waals surface area contributed by atoms with E-state index in [1.165, 1.54) is 25.7 Å². The van der Waals surface area contributed by atoms with Crippen LogP contribution < -0.4 is 11.1 Å². The average molecular weight is 347 g/mol. The van der Waals surface area contributed by atoms with E-state index in [9.17, 15) is 4.79 Å². The Morgan fingerprint density at radius 3 is 2.71 bits per heavy atom. The molecule has 1 saturated carbocycles. The second-order valence-corrected chi connectivity index (χ2v) is 7.37. The van der Waals surface area contributed by atoms with Crippen molar-refractivity contribution in [3.63, 3.8) is 0 Å². The van der Waals surface area contributed by atoms with Crippen molar-refractivity contribution >= 4 is 52.2 Å². The highest BCUT2D eigenvalue weighted by atomic mass is 35.5. The van der Waals surface area contributed by atoms with Crippen LogP contribution in [0, 0.1) is 5.92 Å². The second kappa shape index (κ2) is 8.16. The lowest BCUT2D eigenvalue weighted by Crippen LogP contribution is -2.14. The Labute approximate surface area is 139 Å². The molecule has 0 aromatic heterocycles. The zero-order valence-electron chi connectivity index (χ0n) is 11.8. The van der Waals surface area contributed by atoms with Gasteiger partial charge in [0.1, 0.15) is 0 Å². The van der Waals surface area contributed by atoms with E-state index in [-0.39, 0.29) is 5.91 Å². The summed E-state index contributed by atoms with van der Waals surface area (Å²) in [5, 5.41) is 3.59. The van der Waals surface area contributed by atoms with Gasteiger partial charge in [0.25, 0.3) is 0 Å². The van der Waals surface area contributed by atoms with Gasteiger partial charge in [-0.3, -0.25) is 4.79 Å². The molecule has 0 radical (unpaired) electrons. The Hall–Kier alpha value is -0.580. The van der Waals surface area contributed by atoms with E-state index in [1.54, 1.807) is 12.1 Å². The molecule has 1 aliphatic carbocycles. The number of carbonyl (C=O) groups is 1. The van der Waals surface area contributed by atoms with Gasteiger partial charge in [0, 0.05) is 17.2 Å². The third-order valence-corrected chi connectivity index (χ3v) is 5.37. The van der Waals surface area contributed by atoms with Crippen molar-refractivity contribution < 1.29 is 4.79 Å². The van der Waals surface area contributed by atoms with Gasteiger partial charge in [0.05, 0.1) is 16.4 Å². The van der Waals surface area contributed by atoms with Crippen LogP contribution in [0.3, 0.4) is 0 Å². The summed E-state index contributed by atoms with van der Waals surface area (Å²) in [5.74, 6) is 2.77. The molecule has 1 aliphatic rings. The summed E-state index contributed by atoms with van der Waals surface area (Å²) in [6.07, 6.45) is 5.88. The number of nitrogen functional groups attached to an aromatic ring is 1. The molecule has 0 unspecified atom stereocenters. The molecule has 1 aromatic rings. The Morgan fingerprint density at radius 2 is 2.05 bits per heavy atom. The molecule has 1 aromatic carbocycles. The summed E-state index contributed by atoms with van der Waals surface area (Å²) in [7, 11) is 0. The summed E-state index contributed by atoms with van der Waals surface area (Å²) < 4.78 is 0. The molecular weight excluding hydrogens is 327 g/mol. The monoisotopic (exact) mass is 346 g/mol. The van der Waals surface area contributed by atoms with E-state index in [2.05, 4.69) is 5.32 Å². The van der Waals surface area contributed by atoms with Crippen LogP contribution in [-0.4, -0.2) is 17.4 Å². The third kappa shape index (κ3) is 5.28. The number of hydrogen-bond donors (Lipinski definition) is 2. The number of halogens is 2. The van der Waals surface area contributed by atoms with Crippen molar-refractivity contribution in [3.05, 3.63) is 22.2 Å². The first kappa shape index (κ1) is 16.8. The molecule has 0 aliphatic heterocycles. The molecular formula is C15H20Cl2N2OS. The number of amides is 1. The van der Waals surface area contributed by atoms with Crippen LogP contribution in [0.4, 0.5) is 11.4 Å². The van der Waals surface area contributed by atoms with Gasteiger partial charge >= 0.3 is 0 Å².